The van der Waals surface area contributed by atoms with E-state index < -0.39 is 15.5 Å². The van der Waals surface area contributed by atoms with Crippen LogP contribution in [-0.2, 0) is 5.41 Å². The van der Waals surface area contributed by atoms with Gasteiger partial charge in [-0.1, -0.05) is 32.9 Å². The number of nitro groups is 2. The monoisotopic (exact) mass is 434 g/mol. The summed E-state index contributed by atoms with van der Waals surface area (Å²) in [6.45, 7) is 6.30. The molecule has 0 atom stereocenters. The van der Waals surface area contributed by atoms with E-state index in [1.165, 1.54) is 12.1 Å². The normalized spacial score (nSPS) is 11.0. The number of hydrogen-bond acceptors (Lipinski definition) is 6. The van der Waals surface area contributed by atoms with Gasteiger partial charge in [-0.05, 0) is 53.4 Å². The standard InChI is InChI=1S/C23H22N4O5/c1-23(2,3)16-6-4-15(5-7-16)22(28)25-18-10-8-17(9-11-18)24-20-13-12-19(26(29)30)14-21(20)27(31)32/h4-14,24H,1-3H3,(H,25,28). The van der Waals surface area contributed by atoms with Crippen molar-refractivity contribution in [2.45, 2.75) is 26.2 Å². The Morgan fingerprint density at radius 3 is 1.94 bits per heavy atom. The molecule has 164 valence electrons. The first-order chi connectivity index (χ1) is 15.0. The minimum absolute atomic E-state index is 0.00339. The van der Waals surface area contributed by atoms with Crippen LogP contribution in [0.4, 0.5) is 28.4 Å². The topological polar surface area (TPSA) is 127 Å². The first-order valence-corrected chi connectivity index (χ1v) is 9.76. The lowest BCUT2D eigenvalue weighted by molar-refractivity contribution is -0.393. The molecular weight excluding hydrogens is 412 g/mol. The first-order valence-electron chi connectivity index (χ1n) is 9.76. The fourth-order valence-electron chi connectivity index (χ4n) is 3.01. The maximum Gasteiger partial charge on any atom is 0.299 e. The molecule has 9 nitrogen and oxygen atoms in total. The highest BCUT2D eigenvalue weighted by Gasteiger charge is 2.19. The van der Waals surface area contributed by atoms with E-state index >= 15 is 0 Å². The zero-order valence-corrected chi connectivity index (χ0v) is 17.8. The van der Waals surface area contributed by atoms with Crippen molar-refractivity contribution in [2.75, 3.05) is 10.6 Å². The highest BCUT2D eigenvalue weighted by Crippen LogP contribution is 2.31. The van der Waals surface area contributed by atoms with Crippen LogP contribution in [0.15, 0.2) is 66.7 Å². The largest absolute Gasteiger partial charge is 0.350 e. The predicted molar refractivity (Wildman–Crippen MR) is 123 cm³/mol. The van der Waals surface area contributed by atoms with Gasteiger partial charge in [0.05, 0.1) is 15.9 Å². The Morgan fingerprint density at radius 2 is 1.41 bits per heavy atom. The molecule has 0 radical (unpaired) electrons. The molecule has 0 fully saturated rings. The van der Waals surface area contributed by atoms with E-state index in [1.54, 1.807) is 36.4 Å². The number of non-ortho nitro benzene ring substituents is 1. The van der Waals surface area contributed by atoms with Gasteiger partial charge < -0.3 is 10.6 Å². The maximum atomic E-state index is 12.5. The Kier molecular flexibility index (Phi) is 6.20. The predicted octanol–water partition coefficient (Wildman–Crippen LogP) is 5.80. The van der Waals surface area contributed by atoms with Crippen molar-refractivity contribution < 1.29 is 14.6 Å². The smallest absolute Gasteiger partial charge is 0.299 e. The highest BCUT2D eigenvalue weighted by molar-refractivity contribution is 6.04. The molecule has 0 saturated heterocycles. The van der Waals surface area contributed by atoms with E-state index in [0.717, 1.165) is 11.6 Å². The molecule has 0 aromatic heterocycles. The zero-order chi connectivity index (χ0) is 23.5. The van der Waals surface area contributed by atoms with Gasteiger partial charge in [0.1, 0.15) is 5.69 Å². The Labute approximate surface area is 184 Å². The van der Waals surface area contributed by atoms with Crippen molar-refractivity contribution in [3.8, 4) is 0 Å². The van der Waals surface area contributed by atoms with Gasteiger partial charge in [-0.15, -0.1) is 0 Å². The second-order valence-corrected chi connectivity index (χ2v) is 8.20. The van der Waals surface area contributed by atoms with Crippen LogP contribution in [0, 0.1) is 20.2 Å². The number of amides is 1. The number of carbonyl (C=O) groups is 1. The van der Waals surface area contributed by atoms with Crippen LogP contribution in [0.5, 0.6) is 0 Å². The van der Waals surface area contributed by atoms with Gasteiger partial charge >= 0.3 is 0 Å². The summed E-state index contributed by atoms with van der Waals surface area (Å²) in [4.78, 5) is 33.3. The Bertz CT molecular complexity index is 1170. The average molecular weight is 434 g/mol. The lowest BCUT2D eigenvalue weighted by atomic mass is 9.87. The van der Waals surface area contributed by atoms with Crippen molar-refractivity contribution in [3.05, 3.63) is 98.1 Å². The van der Waals surface area contributed by atoms with Crippen LogP contribution in [0.2, 0.25) is 0 Å². The molecule has 0 heterocycles. The third-order valence-corrected chi connectivity index (χ3v) is 4.82. The van der Waals surface area contributed by atoms with Gasteiger partial charge in [0, 0.05) is 23.0 Å². The summed E-state index contributed by atoms with van der Waals surface area (Å²) >= 11 is 0. The summed E-state index contributed by atoms with van der Waals surface area (Å²) in [5.41, 5.74) is 2.08. The van der Waals surface area contributed by atoms with Gasteiger partial charge in [0.2, 0.25) is 0 Å². The molecule has 9 heteroatoms. The summed E-state index contributed by atoms with van der Waals surface area (Å²) in [5.74, 6) is -0.253. The quantitative estimate of drug-likeness (QED) is 0.373. The maximum absolute atomic E-state index is 12.5. The third kappa shape index (κ3) is 5.25. The number of nitro benzene ring substituents is 2. The summed E-state index contributed by atoms with van der Waals surface area (Å²) < 4.78 is 0. The molecule has 0 aliphatic heterocycles. The van der Waals surface area contributed by atoms with Crippen molar-refractivity contribution >= 4 is 34.3 Å². The molecule has 0 aliphatic rings. The summed E-state index contributed by atoms with van der Waals surface area (Å²) in [6, 6.07) is 17.4. The first kappa shape index (κ1) is 22.4. The molecule has 0 saturated carbocycles. The number of anilines is 3. The SMILES string of the molecule is CC(C)(C)c1ccc(C(=O)Nc2ccc(Nc3ccc([N+](=O)[O-])cc3[N+](=O)[O-])cc2)cc1. The van der Waals surface area contributed by atoms with Gasteiger partial charge in [-0.25, -0.2) is 0 Å². The lowest BCUT2D eigenvalue weighted by Gasteiger charge is -2.19. The summed E-state index contributed by atoms with van der Waals surface area (Å²) in [5, 5.41) is 27.8. The number of hydrogen-bond donors (Lipinski definition) is 2. The highest BCUT2D eigenvalue weighted by atomic mass is 16.6. The van der Waals surface area contributed by atoms with E-state index in [2.05, 4.69) is 31.4 Å². The molecule has 3 rings (SSSR count). The van der Waals surface area contributed by atoms with Crippen molar-refractivity contribution in [1.29, 1.82) is 0 Å². The number of rotatable bonds is 6. The van der Waals surface area contributed by atoms with Crippen molar-refractivity contribution in [1.82, 2.24) is 0 Å². The van der Waals surface area contributed by atoms with Crippen LogP contribution >= 0.6 is 0 Å². The van der Waals surface area contributed by atoms with Crippen LogP contribution in [0.1, 0.15) is 36.7 Å². The molecule has 3 aromatic carbocycles. The molecule has 0 aliphatic carbocycles. The summed E-state index contributed by atoms with van der Waals surface area (Å²) in [7, 11) is 0. The Hall–Kier alpha value is -4.27. The number of benzene rings is 3. The molecule has 1 amide bonds. The molecule has 0 spiro atoms. The molecule has 32 heavy (non-hydrogen) atoms. The molecular formula is C23H22N4O5. The van der Waals surface area contributed by atoms with E-state index in [9.17, 15) is 25.0 Å². The van der Waals surface area contributed by atoms with E-state index in [1.807, 2.05) is 12.1 Å². The van der Waals surface area contributed by atoms with Gasteiger partial charge in [-0.3, -0.25) is 25.0 Å². The second kappa shape index (κ2) is 8.84. The van der Waals surface area contributed by atoms with Crippen LogP contribution in [0.3, 0.4) is 0 Å². The van der Waals surface area contributed by atoms with Crippen LogP contribution < -0.4 is 10.6 Å². The van der Waals surface area contributed by atoms with Crippen LogP contribution in [0.25, 0.3) is 0 Å². The molecule has 3 aromatic rings. The van der Waals surface area contributed by atoms with Gasteiger partial charge in [0.25, 0.3) is 17.3 Å². The lowest BCUT2D eigenvalue weighted by Crippen LogP contribution is -2.14. The fraction of sp³-hybridized carbons (Fsp3) is 0.174. The molecule has 0 bridgehead atoms. The second-order valence-electron chi connectivity index (χ2n) is 8.20. The number of nitrogens with one attached hydrogen (secondary N) is 2. The number of nitrogens with zero attached hydrogens (tertiary/aromatic N) is 2. The van der Waals surface area contributed by atoms with E-state index in [-0.39, 0.29) is 22.7 Å². The Morgan fingerprint density at radius 1 is 0.812 bits per heavy atom. The molecule has 0 unspecified atom stereocenters. The minimum Gasteiger partial charge on any atom is -0.350 e. The van der Waals surface area contributed by atoms with Gasteiger partial charge in [0.15, 0.2) is 0 Å². The minimum atomic E-state index is -0.690. The third-order valence-electron chi connectivity index (χ3n) is 4.82. The van der Waals surface area contributed by atoms with E-state index in [4.69, 9.17) is 0 Å². The van der Waals surface area contributed by atoms with Crippen molar-refractivity contribution in [2.24, 2.45) is 0 Å². The average Bonchev–Trinajstić information content (AvgIpc) is 2.74. The number of carbonyl (C=O) groups excluding carboxylic acids is 1. The molecule has 2 N–H and O–H groups in total. The summed E-state index contributed by atoms with van der Waals surface area (Å²) in [6.07, 6.45) is 0. The Balaban J connectivity index is 1.71. The van der Waals surface area contributed by atoms with Crippen molar-refractivity contribution in [3.63, 3.8) is 0 Å². The van der Waals surface area contributed by atoms with E-state index in [0.29, 0.717) is 16.9 Å². The fourth-order valence-corrected chi connectivity index (χ4v) is 3.01. The van der Waals surface area contributed by atoms with Crippen LogP contribution in [-0.4, -0.2) is 15.8 Å². The zero-order valence-electron chi connectivity index (χ0n) is 17.8. The van der Waals surface area contributed by atoms with Gasteiger partial charge in [-0.2, -0.15) is 0 Å².